The van der Waals surface area contributed by atoms with Gasteiger partial charge >= 0.3 is 0 Å². The van der Waals surface area contributed by atoms with E-state index in [0.717, 1.165) is 5.56 Å². The summed E-state index contributed by atoms with van der Waals surface area (Å²) in [6, 6.07) is 9.73. The van der Waals surface area contributed by atoms with E-state index in [2.05, 4.69) is 5.10 Å². The van der Waals surface area contributed by atoms with E-state index in [1.165, 1.54) is 10.5 Å². The van der Waals surface area contributed by atoms with E-state index in [-0.39, 0.29) is 10.9 Å². The highest BCUT2D eigenvalue weighted by molar-refractivity contribution is 7.89. The van der Waals surface area contributed by atoms with Crippen LogP contribution in [0, 0.1) is 0 Å². The second-order valence-electron chi connectivity index (χ2n) is 5.27. The molecule has 0 amide bonds. The number of nitrogens with zero attached hydrogens (tertiary/aromatic N) is 3. The van der Waals surface area contributed by atoms with Crippen LogP contribution in [0.25, 0.3) is 0 Å². The maximum absolute atomic E-state index is 12.5. The first-order chi connectivity index (χ1) is 10.1. The summed E-state index contributed by atoms with van der Waals surface area (Å²) >= 11 is 0. The minimum Gasteiger partial charge on any atom is -0.326 e. The van der Waals surface area contributed by atoms with Crippen molar-refractivity contribution in [3.63, 3.8) is 0 Å². The van der Waals surface area contributed by atoms with E-state index in [1.54, 1.807) is 10.9 Å². The second kappa shape index (κ2) is 5.59. The van der Waals surface area contributed by atoms with Crippen molar-refractivity contribution < 1.29 is 8.42 Å². The van der Waals surface area contributed by atoms with E-state index in [1.807, 2.05) is 30.3 Å². The van der Waals surface area contributed by atoms with Gasteiger partial charge in [-0.15, -0.1) is 0 Å². The summed E-state index contributed by atoms with van der Waals surface area (Å²) in [5, 5.41) is 4.15. The molecule has 1 saturated heterocycles. The maximum Gasteiger partial charge on any atom is 0.246 e. The molecule has 0 aliphatic carbocycles. The number of hydrogen-bond acceptors (Lipinski definition) is 4. The minimum atomic E-state index is -3.47. The van der Waals surface area contributed by atoms with Crippen molar-refractivity contribution >= 4 is 10.0 Å². The van der Waals surface area contributed by atoms with Gasteiger partial charge in [0.2, 0.25) is 10.0 Å². The molecule has 1 aliphatic heterocycles. The summed E-state index contributed by atoms with van der Waals surface area (Å²) in [5.74, 6) is 0. The summed E-state index contributed by atoms with van der Waals surface area (Å²) in [4.78, 5) is 0.229. The highest BCUT2D eigenvalue weighted by Gasteiger charge is 2.31. The lowest BCUT2D eigenvalue weighted by atomic mass is 10.2. The molecule has 2 heterocycles. The van der Waals surface area contributed by atoms with Gasteiger partial charge in [0.15, 0.2) is 0 Å². The first kappa shape index (κ1) is 14.2. The Bertz CT molecular complexity index is 712. The van der Waals surface area contributed by atoms with Crippen LogP contribution >= 0.6 is 0 Å². The minimum absolute atomic E-state index is 0.0702. The third kappa shape index (κ3) is 2.99. The van der Waals surface area contributed by atoms with Crippen LogP contribution in [0.5, 0.6) is 0 Å². The van der Waals surface area contributed by atoms with Crippen LogP contribution in [-0.2, 0) is 16.6 Å². The van der Waals surface area contributed by atoms with E-state index < -0.39 is 10.0 Å². The van der Waals surface area contributed by atoms with E-state index in [4.69, 9.17) is 5.73 Å². The summed E-state index contributed by atoms with van der Waals surface area (Å²) in [6.07, 6.45) is 3.69. The molecule has 3 rings (SSSR count). The molecule has 0 bridgehead atoms. The van der Waals surface area contributed by atoms with Crippen molar-refractivity contribution in [2.45, 2.75) is 23.9 Å². The first-order valence-corrected chi connectivity index (χ1v) is 8.32. The van der Waals surface area contributed by atoms with E-state index >= 15 is 0 Å². The van der Waals surface area contributed by atoms with Crippen molar-refractivity contribution in [2.75, 3.05) is 13.1 Å². The zero-order valence-corrected chi connectivity index (χ0v) is 12.4. The maximum atomic E-state index is 12.5. The highest BCUT2D eigenvalue weighted by Crippen LogP contribution is 2.20. The molecule has 1 fully saturated rings. The Morgan fingerprint density at radius 3 is 2.71 bits per heavy atom. The predicted molar refractivity (Wildman–Crippen MR) is 79.1 cm³/mol. The molecule has 0 spiro atoms. The van der Waals surface area contributed by atoms with Crippen LogP contribution in [0.1, 0.15) is 12.0 Å². The molecule has 21 heavy (non-hydrogen) atoms. The molecule has 7 heteroatoms. The molecule has 6 nitrogen and oxygen atoms in total. The van der Waals surface area contributed by atoms with E-state index in [0.29, 0.717) is 26.1 Å². The van der Waals surface area contributed by atoms with Gasteiger partial charge in [0.1, 0.15) is 4.90 Å². The summed E-state index contributed by atoms with van der Waals surface area (Å²) in [6.45, 7) is 1.41. The lowest BCUT2D eigenvalue weighted by Gasteiger charge is -2.14. The Labute approximate surface area is 124 Å². The molecular formula is C14H18N4O2S. The fourth-order valence-electron chi connectivity index (χ4n) is 2.46. The topological polar surface area (TPSA) is 81.2 Å². The van der Waals surface area contributed by atoms with Gasteiger partial charge in [-0.05, 0) is 12.0 Å². The number of rotatable bonds is 4. The zero-order chi connectivity index (χ0) is 14.9. The fraction of sp³-hybridized carbons (Fsp3) is 0.357. The van der Waals surface area contributed by atoms with Crippen LogP contribution in [0.3, 0.4) is 0 Å². The van der Waals surface area contributed by atoms with Crippen LogP contribution < -0.4 is 5.73 Å². The number of sulfonamides is 1. The third-order valence-corrected chi connectivity index (χ3v) is 5.44. The molecule has 1 aliphatic rings. The average Bonchev–Trinajstić information content (AvgIpc) is 3.10. The van der Waals surface area contributed by atoms with Gasteiger partial charge in [0.05, 0.1) is 12.7 Å². The van der Waals surface area contributed by atoms with Crippen molar-refractivity contribution in [3.05, 3.63) is 48.3 Å². The van der Waals surface area contributed by atoms with Gasteiger partial charge in [-0.2, -0.15) is 9.40 Å². The Balaban J connectivity index is 1.78. The fourth-order valence-corrected chi connectivity index (χ4v) is 3.92. The van der Waals surface area contributed by atoms with Gasteiger partial charge in [0, 0.05) is 25.3 Å². The number of hydrogen-bond donors (Lipinski definition) is 1. The first-order valence-electron chi connectivity index (χ1n) is 6.88. The molecule has 2 aromatic rings. The normalized spacial score (nSPS) is 20.0. The van der Waals surface area contributed by atoms with Crippen molar-refractivity contribution in [1.29, 1.82) is 0 Å². The molecule has 2 N–H and O–H groups in total. The summed E-state index contributed by atoms with van der Waals surface area (Å²) in [7, 11) is -3.47. The molecule has 0 unspecified atom stereocenters. The van der Waals surface area contributed by atoms with Crippen LogP contribution in [-0.4, -0.2) is 41.6 Å². The van der Waals surface area contributed by atoms with Gasteiger partial charge in [-0.25, -0.2) is 8.42 Å². The molecule has 1 atom stereocenters. The average molecular weight is 306 g/mol. The van der Waals surface area contributed by atoms with Crippen molar-refractivity contribution in [1.82, 2.24) is 14.1 Å². The molecule has 1 aromatic carbocycles. The van der Waals surface area contributed by atoms with E-state index in [9.17, 15) is 8.42 Å². The van der Waals surface area contributed by atoms with Crippen LogP contribution in [0.4, 0.5) is 0 Å². The Kier molecular flexibility index (Phi) is 3.79. The lowest BCUT2D eigenvalue weighted by Crippen LogP contribution is -2.31. The van der Waals surface area contributed by atoms with Crippen LogP contribution in [0.15, 0.2) is 47.6 Å². The third-order valence-electron chi connectivity index (χ3n) is 3.62. The standard InChI is InChI=1S/C14H18N4O2S/c15-13-6-7-18(10-13)21(19,20)14-8-16-17(11-14)9-12-4-2-1-3-5-12/h1-5,8,11,13H,6-7,9-10,15H2/t13-/m1/s1. The molecule has 0 saturated carbocycles. The monoisotopic (exact) mass is 306 g/mol. The summed E-state index contributed by atoms with van der Waals surface area (Å²) < 4.78 is 28.0. The molecule has 112 valence electrons. The second-order valence-corrected chi connectivity index (χ2v) is 7.21. The molecule has 1 aromatic heterocycles. The van der Waals surface area contributed by atoms with Gasteiger partial charge < -0.3 is 5.73 Å². The van der Waals surface area contributed by atoms with Crippen LogP contribution in [0.2, 0.25) is 0 Å². The van der Waals surface area contributed by atoms with Gasteiger partial charge in [-0.3, -0.25) is 4.68 Å². The predicted octanol–water partition coefficient (Wildman–Crippen LogP) is 0.653. The number of benzene rings is 1. The van der Waals surface area contributed by atoms with Crippen molar-refractivity contribution in [2.24, 2.45) is 5.73 Å². The Morgan fingerprint density at radius 2 is 2.05 bits per heavy atom. The lowest BCUT2D eigenvalue weighted by molar-refractivity contribution is 0.472. The SMILES string of the molecule is N[C@@H]1CCN(S(=O)(=O)c2cnn(Cc3ccccc3)c2)C1. The summed E-state index contributed by atoms with van der Waals surface area (Å²) in [5.41, 5.74) is 6.86. The molecular weight excluding hydrogens is 288 g/mol. The van der Waals surface area contributed by atoms with Gasteiger partial charge in [-0.1, -0.05) is 30.3 Å². The number of aromatic nitrogens is 2. The van der Waals surface area contributed by atoms with Crippen molar-refractivity contribution in [3.8, 4) is 0 Å². The Morgan fingerprint density at radius 1 is 1.29 bits per heavy atom. The smallest absolute Gasteiger partial charge is 0.246 e. The van der Waals surface area contributed by atoms with Gasteiger partial charge in [0.25, 0.3) is 0 Å². The number of nitrogens with two attached hydrogens (primary N) is 1. The molecule has 0 radical (unpaired) electrons. The Hall–Kier alpha value is -1.70. The largest absolute Gasteiger partial charge is 0.326 e. The highest BCUT2D eigenvalue weighted by atomic mass is 32.2. The zero-order valence-electron chi connectivity index (χ0n) is 11.6. The quantitative estimate of drug-likeness (QED) is 0.899.